The molecule has 0 aliphatic carbocycles. The van der Waals surface area contributed by atoms with E-state index >= 15 is 0 Å². The highest BCUT2D eigenvalue weighted by atomic mass is 32.2. The molecule has 0 radical (unpaired) electrons. The number of benzene rings is 1. The lowest BCUT2D eigenvalue weighted by Crippen LogP contribution is -2.45. The van der Waals surface area contributed by atoms with Crippen LogP contribution in [0, 0.1) is 11.3 Å². The lowest BCUT2D eigenvalue weighted by Gasteiger charge is -2.37. The molecule has 1 N–H and O–H groups in total. The minimum absolute atomic E-state index is 0.0189. The maximum Gasteiger partial charge on any atom is 0.238 e. The van der Waals surface area contributed by atoms with Gasteiger partial charge in [0, 0.05) is 13.1 Å². The van der Waals surface area contributed by atoms with Crippen molar-refractivity contribution >= 4 is 27.1 Å². The number of morpholine rings is 1. The zero-order valence-electron chi connectivity index (χ0n) is 14.7. The van der Waals surface area contributed by atoms with E-state index < -0.39 is 15.7 Å². The van der Waals surface area contributed by atoms with Gasteiger partial charge in [-0.15, -0.1) is 0 Å². The fourth-order valence-corrected chi connectivity index (χ4v) is 3.80. The Morgan fingerprint density at radius 2 is 2.00 bits per heavy atom. The first kappa shape index (κ1) is 19.2. The average Bonchev–Trinajstić information content (AvgIpc) is 2.54. The highest BCUT2D eigenvalue weighted by molar-refractivity contribution is 7.91. The third-order valence-corrected chi connectivity index (χ3v) is 5.71. The van der Waals surface area contributed by atoms with Crippen molar-refractivity contribution in [2.45, 2.75) is 44.3 Å². The molecule has 2 unspecified atom stereocenters. The van der Waals surface area contributed by atoms with Crippen LogP contribution >= 0.6 is 0 Å². The first-order valence-electron chi connectivity index (χ1n) is 8.20. The molecule has 1 fully saturated rings. The van der Waals surface area contributed by atoms with E-state index in [1.807, 2.05) is 13.8 Å². The summed E-state index contributed by atoms with van der Waals surface area (Å²) >= 11 is 0. The van der Waals surface area contributed by atoms with Crippen molar-refractivity contribution in [3.8, 4) is 6.07 Å². The second-order valence-corrected chi connectivity index (χ2v) is 8.41. The highest BCUT2D eigenvalue weighted by Crippen LogP contribution is 2.31. The van der Waals surface area contributed by atoms with Crippen LogP contribution in [0.1, 0.15) is 27.2 Å². The fourth-order valence-electron chi connectivity index (χ4n) is 2.89. The number of hydrogen-bond acceptors (Lipinski definition) is 6. The molecule has 1 saturated heterocycles. The summed E-state index contributed by atoms with van der Waals surface area (Å²) < 4.78 is 30.0. The van der Waals surface area contributed by atoms with Gasteiger partial charge in [-0.2, -0.15) is 5.26 Å². The maximum atomic E-state index is 12.2. The van der Waals surface area contributed by atoms with Crippen LogP contribution in [0.5, 0.6) is 0 Å². The van der Waals surface area contributed by atoms with Crippen molar-refractivity contribution in [1.29, 1.82) is 5.26 Å². The van der Waals surface area contributed by atoms with Crippen molar-refractivity contribution in [2.24, 2.45) is 0 Å². The summed E-state index contributed by atoms with van der Waals surface area (Å²) in [5.74, 6) is -0.493. The monoisotopic (exact) mass is 365 g/mol. The van der Waals surface area contributed by atoms with Crippen molar-refractivity contribution < 1.29 is 17.9 Å². The minimum atomic E-state index is -3.40. The van der Waals surface area contributed by atoms with E-state index in [9.17, 15) is 13.2 Å². The van der Waals surface area contributed by atoms with E-state index in [1.165, 1.54) is 6.07 Å². The number of anilines is 2. The molecule has 2 atom stereocenters. The molecule has 0 bridgehead atoms. The van der Waals surface area contributed by atoms with E-state index in [-0.39, 0.29) is 29.3 Å². The predicted molar refractivity (Wildman–Crippen MR) is 95.3 cm³/mol. The van der Waals surface area contributed by atoms with Crippen LogP contribution in [-0.2, 0) is 19.4 Å². The van der Waals surface area contributed by atoms with Gasteiger partial charge in [0.1, 0.15) is 6.42 Å². The SMILES string of the molecule is CCS(=O)(=O)c1ccc(N2CC(C)OC(C)C2)c(NC(=O)CC#N)c1. The molecule has 1 aromatic carbocycles. The van der Waals surface area contributed by atoms with Gasteiger partial charge in [-0.25, -0.2) is 8.42 Å². The second-order valence-electron chi connectivity index (χ2n) is 6.13. The summed E-state index contributed by atoms with van der Waals surface area (Å²) in [5, 5.41) is 11.4. The summed E-state index contributed by atoms with van der Waals surface area (Å²) in [6.07, 6.45) is -0.254. The molecule has 0 spiro atoms. The Bertz CT molecular complexity index is 776. The number of amides is 1. The van der Waals surface area contributed by atoms with Gasteiger partial charge >= 0.3 is 0 Å². The summed E-state index contributed by atoms with van der Waals surface area (Å²) in [4.78, 5) is 14.1. The van der Waals surface area contributed by atoms with Gasteiger partial charge in [0.25, 0.3) is 0 Å². The Hall–Kier alpha value is -2.11. The fraction of sp³-hybridized carbons (Fsp3) is 0.529. The Morgan fingerprint density at radius 1 is 1.36 bits per heavy atom. The third kappa shape index (κ3) is 4.71. The minimum Gasteiger partial charge on any atom is -0.372 e. The van der Waals surface area contributed by atoms with Gasteiger partial charge in [-0.3, -0.25) is 4.79 Å². The maximum absolute atomic E-state index is 12.2. The molecular weight excluding hydrogens is 342 g/mol. The van der Waals surface area contributed by atoms with E-state index in [4.69, 9.17) is 10.00 Å². The highest BCUT2D eigenvalue weighted by Gasteiger charge is 2.25. The molecule has 2 rings (SSSR count). The Labute approximate surface area is 148 Å². The number of carbonyl (C=O) groups excluding carboxylic acids is 1. The third-order valence-electron chi connectivity index (χ3n) is 3.98. The first-order chi connectivity index (χ1) is 11.8. The number of nitriles is 1. The van der Waals surface area contributed by atoms with Crippen molar-refractivity contribution in [2.75, 3.05) is 29.1 Å². The van der Waals surface area contributed by atoms with Crippen LogP contribution in [0.2, 0.25) is 0 Å². The molecule has 1 aliphatic rings. The van der Waals surface area contributed by atoms with Crippen LogP contribution in [0.3, 0.4) is 0 Å². The number of rotatable bonds is 5. The van der Waals surface area contributed by atoms with Gasteiger partial charge in [0.15, 0.2) is 9.84 Å². The topological polar surface area (TPSA) is 99.5 Å². The molecular formula is C17H23N3O4S. The molecule has 0 aromatic heterocycles. The van der Waals surface area contributed by atoms with Crippen LogP contribution < -0.4 is 10.2 Å². The van der Waals surface area contributed by atoms with Crippen molar-refractivity contribution in [3.63, 3.8) is 0 Å². The van der Waals surface area contributed by atoms with Crippen molar-refractivity contribution in [1.82, 2.24) is 0 Å². The van der Waals surface area contributed by atoms with Crippen LogP contribution in [0.4, 0.5) is 11.4 Å². The molecule has 25 heavy (non-hydrogen) atoms. The molecule has 0 saturated carbocycles. The quantitative estimate of drug-likeness (QED) is 0.856. The molecule has 7 nitrogen and oxygen atoms in total. The van der Waals surface area contributed by atoms with Gasteiger partial charge in [0.05, 0.1) is 40.3 Å². The Morgan fingerprint density at radius 3 is 2.56 bits per heavy atom. The van der Waals surface area contributed by atoms with E-state index in [0.717, 1.165) is 5.69 Å². The molecule has 1 aromatic rings. The number of sulfone groups is 1. The standard InChI is InChI=1S/C17H23N3O4S/c1-4-25(22,23)14-5-6-16(15(9-14)19-17(21)7-8-18)20-10-12(2)24-13(3)11-20/h5-6,9,12-13H,4,7,10-11H2,1-3H3,(H,19,21). The number of nitrogens with zero attached hydrogens (tertiary/aromatic N) is 2. The van der Waals surface area contributed by atoms with Gasteiger partial charge in [-0.1, -0.05) is 6.92 Å². The zero-order valence-corrected chi connectivity index (χ0v) is 15.5. The first-order valence-corrected chi connectivity index (χ1v) is 9.86. The van der Waals surface area contributed by atoms with Crippen LogP contribution in [-0.4, -0.2) is 45.4 Å². The van der Waals surface area contributed by atoms with E-state index in [0.29, 0.717) is 18.8 Å². The van der Waals surface area contributed by atoms with Gasteiger partial charge in [-0.05, 0) is 32.0 Å². The predicted octanol–water partition coefficient (Wildman–Crippen LogP) is 1.95. The lowest BCUT2D eigenvalue weighted by atomic mass is 10.1. The molecule has 1 amide bonds. The molecule has 136 valence electrons. The lowest BCUT2D eigenvalue weighted by molar-refractivity contribution is -0.115. The summed E-state index contributed by atoms with van der Waals surface area (Å²) in [6.45, 7) is 6.76. The molecule has 1 heterocycles. The van der Waals surface area contributed by atoms with Crippen LogP contribution in [0.25, 0.3) is 0 Å². The number of carbonyl (C=O) groups is 1. The Kier molecular flexibility index (Phi) is 6.03. The average molecular weight is 365 g/mol. The second kappa shape index (κ2) is 7.85. The van der Waals surface area contributed by atoms with Gasteiger partial charge < -0.3 is 15.0 Å². The summed E-state index contributed by atoms with van der Waals surface area (Å²) in [6, 6.07) is 6.52. The smallest absolute Gasteiger partial charge is 0.238 e. The number of ether oxygens (including phenoxy) is 1. The number of hydrogen-bond donors (Lipinski definition) is 1. The number of nitrogens with one attached hydrogen (secondary N) is 1. The normalized spacial score (nSPS) is 20.8. The van der Waals surface area contributed by atoms with Crippen LogP contribution in [0.15, 0.2) is 23.1 Å². The largest absolute Gasteiger partial charge is 0.372 e. The van der Waals surface area contributed by atoms with E-state index in [1.54, 1.807) is 25.1 Å². The van der Waals surface area contributed by atoms with Crippen molar-refractivity contribution in [3.05, 3.63) is 18.2 Å². The summed E-state index contributed by atoms with van der Waals surface area (Å²) in [5.41, 5.74) is 1.12. The Balaban J connectivity index is 2.44. The van der Waals surface area contributed by atoms with E-state index in [2.05, 4.69) is 10.2 Å². The summed E-state index contributed by atoms with van der Waals surface area (Å²) in [7, 11) is -3.40. The van der Waals surface area contributed by atoms with Gasteiger partial charge in [0.2, 0.25) is 5.91 Å². The molecule has 8 heteroatoms. The molecule has 1 aliphatic heterocycles. The zero-order chi connectivity index (χ0) is 18.6.